The third-order valence-corrected chi connectivity index (χ3v) is 7.77. The molecule has 1 amide bonds. The molecule has 178 valence electrons. The second-order valence-corrected chi connectivity index (χ2v) is 10.9. The number of hydrogen-bond donors (Lipinski definition) is 0. The van der Waals surface area contributed by atoms with Gasteiger partial charge in [0.1, 0.15) is 0 Å². The normalized spacial score (nSPS) is 18.4. The van der Waals surface area contributed by atoms with E-state index in [2.05, 4.69) is 29.4 Å². The average molecular weight is 474 g/mol. The number of nitrogens with zero attached hydrogens (tertiary/aromatic N) is 3. The van der Waals surface area contributed by atoms with Gasteiger partial charge in [0.05, 0.1) is 23.7 Å². The van der Waals surface area contributed by atoms with Gasteiger partial charge in [0.25, 0.3) is 5.91 Å². The van der Waals surface area contributed by atoms with Crippen LogP contribution in [0.25, 0.3) is 6.08 Å². The molecule has 9 heteroatoms. The molecule has 8 nitrogen and oxygen atoms in total. The smallest absolute Gasteiger partial charge is 0.331 e. The third kappa shape index (κ3) is 6.10. The number of carbonyl (C=O) groups excluding carboxylic acids is 2. The van der Waals surface area contributed by atoms with Crippen LogP contribution in [0, 0.1) is 20.8 Å². The van der Waals surface area contributed by atoms with Gasteiger partial charge in [-0.3, -0.25) is 9.48 Å². The minimum atomic E-state index is -3.11. The topological polar surface area (TPSA) is 98.6 Å². The highest BCUT2D eigenvalue weighted by Crippen LogP contribution is 2.19. The number of likely N-dealkylation sites (N-methyl/N-ethyl adjacent to an activating group) is 1. The quantitative estimate of drug-likeness (QED) is 0.453. The number of carbonyl (C=O) groups is 2. The van der Waals surface area contributed by atoms with E-state index >= 15 is 0 Å². The van der Waals surface area contributed by atoms with Crippen LogP contribution in [0.2, 0.25) is 0 Å². The number of esters is 1. The standard InChI is InChI=1S/C24H31N3O5S/c1-16-6-8-20(9-7-16)14-27-18(3)22(17(2)25-27)10-11-23(28)32-19(4)24(29)26(5)21-12-13-33(30,31)15-21/h6-11,19,21H,12-15H2,1-5H3/b11-10+. The maximum absolute atomic E-state index is 12.6. The number of amides is 1. The van der Waals surface area contributed by atoms with Crippen molar-refractivity contribution in [2.24, 2.45) is 0 Å². The number of aromatic nitrogens is 2. The molecule has 0 bridgehead atoms. The first-order valence-electron chi connectivity index (χ1n) is 10.9. The Bertz CT molecular complexity index is 1170. The molecule has 1 aromatic carbocycles. The molecule has 0 saturated carbocycles. The number of benzene rings is 1. The van der Waals surface area contributed by atoms with Gasteiger partial charge < -0.3 is 9.64 Å². The molecule has 0 radical (unpaired) electrons. The summed E-state index contributed by atoms with van der Waals surface area (Å²) in [5.41, 5.74) is 4.86. The van der Waals surface area contributed by atoms with Crippen LogP contribution in [0.3, 0.4) is 0 Å². The number of aryl methyl sites for hydroxylation is 2. The number of sulfone groups is 1. The molecule has 1 fully saturated rings. The Kier molecular flexibility index (Phi) is 7.41. The fraction of sp³-hybridized carbons (Fsp3) is 0.458. The predicted molar refractivity (Wildman–Crippen MR) is 126 cm³/mol. The molecule has 1 aromatic heterocycles. The molecule has 2 atom stereocenters. The van der Waals surface area contributed by atoms with Crippen molar-refractivity contribution in [1.29, 1.82) is 0 Å². The highest BCUT2D eigenvalue weighted by molar-refractivity contribution is 7.91. The molecule has 2 unspecified atom stereocenters. The Balaban J connectivity index is 1.61. The van der Waals surface area contributed by atoms with Gasteiger partial charge in [-0.25, -0.2) is 13.2 Å². The average Bonchev–Trinajstić information content (AvgIpc) is 3.25. The number of rotatable bonds is 7. The molecule has 1 aliphatic heterocycles. The Morgan fingerprint density at radius 2 is 1.91 bits per heavy atom. The molecular weight excluding hydrogens is 442 g/mol. The summed E-state index contributed by atoms with van der Waals surface area (Å²) in [7, 11) is -1.57. The summed E-state index contributed by atoms with van der Waals surface area (Å²) in [5.74, 6) is -1.05. The molecule has 2 aromatic rings. The monoisotopic (exact) mass is 473 g/mol. The van der Waals surface area contributed by atoms with Crippen LogP contribution < -0.4 is 0 Å². The first-order valence-corrected chi connectivity index (χ1v) is 12.7. The summed E-state index contributed by atoms with van der Waals surface area (Å²) in [6.45, 7) is 7.97. The second kappa shape index (κ2) is 9.91. The van der Waals surface area contributed by atoms with Crippen LogP contribution in [0.5, 0.6) is 0 Å². The van der Waals surface area contributed by atoms with E-state index in [-0.39, 0.29) is 17.5 Å². The first kappa shape index (κ1) is 24.7. The molecular formula is C24H31N3O5S. The van der Waals surface area contributed by atoms with Crippen LogP contribution in [0.4, 0.5) is 0 Å². The van der Waals surface area contributed by atoms with E-state index in [1.165, 1.54) is 23.5 Å². The maximum Gasteiger partial charge on any atom is 0.331 e. The summed E-state index contributed by atoms with van der Waals surface area (Å²) in [6, 6.07) is 7.86. The van der Waals surface area contributed by atoms with Crippen molar-refractivity contribution >= 4 is 27.8 Å². The summed E-state index contributed by atoms with van der Waals surface area (Å²) in [4.78, 5) is 26.3. The van der Waals surface area contributed by atoms with E-state index in [4.69, 9.17) is 4.74 Å². The van der Waals surface area contributed by atoms with Crippen LogP contribution in [0.1, 0.15) is 41.4 Å². The Morgan fingerprint density at radius 3 is 2.52 bits per heavy atom. The van der Waals surface area contributed by atoms with Crippen molar-refractivity contribution in [2.45, 2.75) is 52.8 Å². The Labute approximate surface area is 195 Å². The lowest BCUT2D eigenvalue weighted by Crippen LogP contribution is -2.44. The highest BCUT2D eigenvalue weighted by atomic mass is 32.2. The minimum absolute atomic E-state index is 0.0546. The molecule has 2 heterocycles. The van der Waals surface area contributed by atoms with E-state index in [1.54, 1.807) is 13.1 Å². The van der Waals surface area contributed by atoms with Gasteiger partial charge in [0, 0.05) is 30.4 Å². The van der Waals surface area contributed by atoms with E-state index in [0.29, 0.717) is 13.0 Å². The van der Waals surface area contributed by atoms with Gasteiger partial charge in [-0.2, -0.15) is 5.10 Å². The van der Waals surface area contributed by atoms with Gasteiger partial charge >= 0.3 is 5.97 Å². The third-order valence-electron chi connectivity index (χ3n) is 6.02. The molecule has 0 N–H and O–H groups in total. The number of hydrogen-bond acceptors (Lipinski definition) is 6. The molecule has 3 rings (SSSR count). The van der Waals surface area contributed by atoms with Crippen LogP contribution in [0.15, 0.2) is 30.3 Å². The summed E-state index contributed by atoms with van der Waals surface area (Å²) < 4.78 is 30.5. The van der Waals surface area contributed by atoms with Crippen LogP contribution in [-0.4, -0.2) is 65.7 Å². The fourth-order valence-corrected chi connectivity index (χ4v) is 5.71. The van der Waals surface area contributed by atoms with E-state index in [1.807, 2.05) is 25.5 Å². The zero-order valence-corrected chi connectivity index (χ0v) is 20.6. The lowest BCUT2D eigenvalue weighted by molar-refractivity contribution is -0.155. The molecule has 1 saturated heterocycles. The maximum atomic E-state index is 12.6. The SMILES string of the molecule is Cc1ccc(Cn2nc(C)c(/C=C/C(=O)OC(C)C(=O)N(C)C3CCS(=O)(=O)C3)c2C)cc1. The summed E-state index contributed by atoms with van der Waals surface area (Å²) >= 11 is 0. The van der Waals surface area contributed by atoms with Crippen molar-refractivity contribution < 1.29 is 22.7 Å². The largest absolute Gasteiger partial charge is 0.449 e. The van der Waals surface area contributed by atoms with Gasteiger partial charge in [-0.05, 0) is 45.8 Å². The lowest BCUT2D eigenvalue weighted by Gasteiger charge is -2.26. The summed E-state index contributed by atoms with van der Waals surface area (Å²) in [6.07, 6.45) is 2.32. The zero-order chi connectivity index (χ0) is 24.3. The molecule has 0 spiro atoms. The Hall–Kier alpha value is -2.94. The first-order chi connectivity index (χ1) is 15.5. The Morgan fingerprint density at radius 1 is 1.24 bits per heavy atom. The van der Waals surface area contributed by atoms with E-state index in [9.17, 15) is 18.0 Å². The van der Waals surface area contributed by atoms with Crippen molar-refractivity contribution in [3.63, 3.8) is 0 Å². The van der Waals surface area contributed by atoms with Gasteiger partial charge in [-0.15, -0.1) is 0 Å². The number of ether oxygens (including phenoxy) is 1. The highest BCUT2D eigenvalue weighted by Gasteiger charge is 2.34. The summed E-state index contributed by atoms with van der Waals surface area (Å²) in [5, 5.41) is 4.58. The molecule has 1 aliphatic rings. The van der Waals surface area contributed by atoms with Gasteiger partial charge in [0.15, 0.2) is 15.9 Å². The van der Waals surface area contributed by atoms with Crippen molar-refractivity contribution in [1.82, 2.24) is 14.7 Å². The second-order valence-electron chi connectivity index (χ2n) is 8.65. The van der Waals surface area contributed by atoms with Crippen molar-refractivity contribution in [3.8, 4) is 0 Å². The van der Waals surface area contributed by atoms with Gasteiger partial charge in [-0.1, -0.05) is 29.8 Å². The minimum Gasteiger partial charge on any atom is -0.449 e. The van der Waals surface area contributed by atoms with Crippen molar-refractivity contribution in [2.75, 3.05) is 18.6 Å². The lowest BCUT2D eigenvalue weighted by atomic mass is 10.1. The van der Waals surface area contributed by atoms with Crippen molar-refractivity contribution in [3.05, 3.63) is 58.4 Å². The zero-order valence-electron chi connectivity index (χ0n) is 19.7. The molecule has 33 heavy (non-hydrogen) atoms. The van der Waals surface area contributed by atoms with Gasteiger partial charge in [0.2, 0.25) is 0 Å². The van der Waals surface area contributed by atoms with Crippen LogP contribution >= 0.6 is 0 Å². The fourth-order valence-electron chi connectivity index (χ4n) is 3.94. The van der Waals surface area contributed by atoms with Crippen LogP contribution in [-0.2, 0) is 30.7 Å². The molecule has 0 aliphatic carbocycles. The predicted octanol–water partition coefficient (Wildman–Crippen LogP) is 2.45. The van der Waals surface area contributed by atoms with E-state index < -0.39 is 27.8 Å². The van der Waals surface area contributed by atoms with E-state index in [0.717, 1.165) is 22.5 Å².